The summed E-state index contributed by atoms with van der Waals surface area (Å²) in [5, 5.41) is 5.65. The van der Waals surface area contributed by atoms with Crippen LogP contribution < -0.4 is 10.1 Å². The van der Waals surface area contributed by atoms with E-state index in [-0.39, 0.29) is 5.44 Å². The summed E-state index contributed by atoms with van der Waals surface area (Å²) in [6.45, 7) is 1.98. The van der Waals surface area contributed by atoms with Gasteiger partial charge >= 0.3 is 0 Å². The average molecular weight is 244 g/mol. The lowest BCUT2D eigenvalue weighted by atomic mass is 10.1. The molecule has 3 rings (SSSR count). The maximum absolute atomic E-state index is 5.91. The van der Waals surface area contributed by atoms with Gasteiger partial charge in [0, 0.05) is 24.9 Å². The summed E-state index contributed by atoms with van der Waals surface area (Å²) in [5.41, 5.74) is 0.209. The molecular weight excluding hydrogens is 230 g/mol. The third-order valence-corrected chi connectivity index (χ3v) is 3.86. The van der Waals surface area contributed by atoms with Crippen LogP contribution in [0.5, 0.6) is 5.75 Å². The molecule has 0 spiro atoms. The Hall–Kier alpha value is -1.19. The molecular formula is C14H14NOS. The lowest BCUT2D eigenvalue weighted by Crippen LogP contribution is -2.35. The van der Waals surface area contributed by atoms with Crippen LogP contribution in [0, 0.1) is 6.07 Å². The number of thioether (sulfide) groups is 1. The summed E-state index contributed by atoms with van der Waals surface area (Å²) in [4.78, 5) is 0. The van der Waals surface area contributed by atoms with E-state index < -0.39 is 0 Å². The zero-order valence-corrected chi connectivity index (χ0v) is 10.3. The molecule has 1 heterocycles. The first-order valence-corrected chi connectivity index (χ1v) is 6.87. The van der Waals surface area contributed by atoms with Crippen LogP contribution in [0.4, 0.5) is 0 Å². The number of ether oxygens (including phenoxy) is 1. The summed E-state index contributed by atoms with van der Waals surface area (Å²) >= 11 is 1.86. The second kappa shape index (κ2) is 4.98. The number of nitrogens with one attached hydrogen (secondary N) is 1. The van der Waals surface area contributed by atoms with Gasteiger partial charge in [0.05, 0.1) is 0 Å². The van der Waals surface area contributed by atoms with Gasteiger partial charge in [-0.05, 0) is 16.8 Å². The highest BCUT2D eigenvalue weighted by Gasteiger charge is 2.14. The van der Waals surface area contributed by atoms with Crippen LogP contribution in [-0.4, -0.2) is 24.3 Å². The maximum Gasteiger partial charge on any atom is 0.157 e. The Bertz CT molecular complexity index is 508. The topological polar surface area (TPSA) is 21.3 Å². The van der Waals surface area contributed by atoms with E-state index in [9.17, 15) is 0 Å². The molecule has 0 saturated carbocycles. The molecule has 1 aliphatic rings. The summed E-state index contributed by atoms with van der Waals surface area (Å²) < 4.78 is 5.91. The molecule has 2 aromatic rings. The number of hydrogen-bond acceptors (Lipinski definition) is 3. The van der Waals surface area contributed by atoms with E-state index in [1.54, 1.807) is 0 Å². The van der Waals surface area contributed by atoms with Crippen molar-refractivity contribution in [2.75, 3.05) is 18.8 Å². The zero-order chi connectivity index (χ0) is 11.5. The third-order valence-electron chi connectivity index (χ3n) is 2.78. The second-order valence-electron chi connectivity index (χ2n) is 4.03. The minimum absolute atomic E-state index is 0.209. The van der Waals surface area contributed by atoms with Gasteiger partial charge in [-0.2, -0.15) is 0 Å². The summed E-state index contributed by atoms with van der Waals surface area (Å²) in [7, 11) is 0. The van der Waals surface area contributed by atoms with Gasteiger partial charge in [0.2, 0.25) is 0 Å². The quantitative estimate of drug-likeness (QED) is 0.877. The van der Waals surface area contributed by atoms with Crippen LogP contribution in [0.3, 0.4) is 0 Å². The second-order valence-corrected chi connectivity index (χ2v) is 5.30. The van der Waals surface area contributed by atoms with E-state index in [0.717, 1.165) is 30.0 Å². The predicted octanol–water partition coefficient (Wildman–Crippen LogP) is 2.68. The van der Waals surface area contributed by atoms with Gasteiger partial charge in [-0.25, -0.2) is 0 Å². The molecule has 2 aromatic carbocycles. The molecule has 2 nitrogen and oxygen atoms in total. The fourth-order valence-corrected chi connectivity index (χ4v) is 2.86. The fourth-order valence-electron chi connectivity index (χ4n) is 1.92. The van der Waals surface area contributed by atoms with Gasteiger partial charge in [-0.1, -0.05) is 30.3 Å². The van der Waals surface area contributed by atoms with E-state index in [2.05, 4.69) is 29.6 Å². The summed E-state index contributed by atoms with van der Waals surface area (Å²) in [6, 6.07) is 15.6. The molecule has 1 aliphatic heterocycles. The number of hydrogen-bond donors (Lipinski definition) is 1. The van der Waals surface area contributed by atoms with Crippen LogP contribution in [0.1, 0.15) is 0 Å². The molecule has 1 atom stereocenters. The number of rotatable bonds is 2. The Labute approximate surface area is 105 Å². The van der Waals surface area contributed by atoms with Crippen molar-refractivity contribution in [3.63, 3.8) is 0 Å². The molecule has 1 N–H and O–H groups in total. The van der Waals surface area contributed by atoms with Crippen LogP contribution >= 0.6 is 11.8 Å². The van der Waals surface area contributed by atoms with Crippen molar-refractivity contribution in [1.82, 2.24) is 5.32 Å². The van der Waals surface area contributed by atoms with E-state index in [1.807, 2.05) is 30.0 Å². The predicted molar refractivity (Wildman–Crippen MR) is 72.5 cm³/mol. The largest absolute Gasteiger partial charge is 0.478 e. The van der Waals surface area contributed by atoms with Crippen LogP contribution in [0.15, 0.2) is 36.4 Å². The maximum atomic E-state index is 5.91. The first-order chi connectivity index (χ1) is 8.42. The molecule has 0 aliphatic carbocycles. The Morgan fingerprint density at radius 1 is 1.24 bits per heavy atom. The van der Waals surface area contributed by atoms with Crippen molar-refractivity contribution < 1.29 is 4.74 Å². The highest BCUT2D eigenvalue weighted by molar-refractivity contribution is 7.99. The smallest absolute Gasteiger partial charge is 0.157 e. The molecule has 1 saturated heterocycles. The third kappa shape index (κ3) is 2.56. The lowest BCUT2D eigenvalue weighted by molar-refractivity contribution is 0.278. The molecule has 3 heteroatoms. The standard InChI is InChI=1S/C14H14NOS/c1-2-4-12-9-13(6-5-11(12)3-1)16-14-10-15-7-8-17-14/h1-6,14-15H,7-8,10H2. The monoisotopic (exact) mass is 244 g/mol. The zero-order valence-electron chi connectivity index (χ0n) is 9.48. The molecule has 0 aromatic heterocycles. The first kappa shape index (κ1) is 10.9. The minimum Gasteiger partial charge on any atom is -0.478 e. The van der Waals surface area contributed by atoms with Crippen LogP contribution in [0.25, 0.3) is 10.8 Å². The van der Waals surface area contributed by atoms with Gasteiger partial charge < -0.3 is 10.1 Å². The van der Waals surface area contributed by atoms with Crippen molar-refractivity contribution in [2.24, 2.45) is 0 Å². The van der Waals surface area contributed by atoms with E-state index in [0.29, 0.717) is 0 Å². The van der Waals surface area contributed by atoms with Gasteiger partial charge in [-0.3, -0.25) is 0 Å². The Morgan fingerprint density at radius 2 is 2.18 bits per heavy atom. The Morgan fingerprint density at radius 3 is 3.06 bits per heavy atom. The Balaban J connectivity index is 1.80. The molecule has 0 bridgehead atoms. The van der Waals surface area contributed by atoms with Crippen LogP contribution in [0.2, 0.25) is 0 Å². The van der Waals surface area contributed by atoms with Crippen LogP contribution in [-0.2, 0) is 0 Å². The SMILES string of the molecule is [c]1c(OC2CNCCS2)ccc2ccccc12. The van der Waals surface area contributed by atoms with Crippen molar-refractivity contribution >= 4 is 22.5 Å². The summed E-state index contributed by atoms with van der Waals surface area (Å²) in [6.07, 6.45) is 0. The van der Waals surface area contributed by atoms with E-state index >= 15 is 0 Å². The number of fused-ring (bicyclic) bond motifs is 1. The number of benzene rings is 2. The average Bonchev–Trinajstić information content (AvgIpc) is 2.40. The van der Waals surface area contributed by atoms with Crippen molar-refractivity contribution in [2.45, 2.75) is 5.44 Å². The molecule has 1 radical (unpaired) electrons. The van der Waals surface area contributed by atoms with Crippen molar-refractivity contribution in [1.29, 1.82) is 0 Å². The van der Waals surface area contributed by atoms with E-state index in [1.165, 1.54) is 5.39 Å². The first-order valence-electron chi connectivity index (χ1n) is 5.82. The van der Waals surface area contributed by atoms with Crippen molar-refractivity contribution in [3.8, 4) is 5.75 Å². The molecule has 1 unspecified atom stereocenters. The highest BCUT2D eigenvalue weighted by Crippen LogP contribution is 2.23. The van der Waals surface area contributed by atoms with E-state index in [4.69, 9.17) is 4.74 Å². The highest BCUT2D eigenvalue weighted by atomic mass is 32.2. The van der Waals surface area contributed by atoms with Gasteiger partial charge in [0.25, 0.3) is 0 Å². The Kier molecular flexibility index (Phi) is 3.20. The van der Waals surface area contributed by atoms with Gasteiger partial charge in [0.15, 0.2) is 5.44 Å². The fraction of sp³-hybridized carbons (Fsp3) is 0.286. The molecule has 0 amide bonds. The molecule has 87 valence electrons. The molecule has 17 heavy (non-hydrogen) atoms. The minimum atomic E-state index is 0.209. The van der Waals surface area contributed by atoms with Gasteiger partial charge in [-0.15, -0.1) is 11.8 Å². The van der Waals surface area contributed by atoms with Gasteiger partial charge in [0.1, 0.15) is 5.75 Å². The summed E-state index contributed by atoms with van der Waals surface area (Å²) in [5.74, 6) is 1.95. The molecule has 1 fully saturated rings. The lowest BCUT2D eigenvalue weighted by Gasteiger charge is -2.23. The normalized spacial score (nSPS) is 20.4. The van der Waals surface area contributed by atoms with Crippen molar-refractivity contribution in [3.05, 3.63) is 42.5 Å².